The lowest BCUT2D eigenvalue weighted by molar-refractivity contribution is -0.137. The largest absolute Gasteiger partial charge is 0.416 e. The van der Waals surface area contributed by atoms with E-state index in [1.54, 1.807) is 34.4 Å². The second-order valence-electron chi connectivity index (χ2n) is 9.59. The molecule has 0 amide bonds. The predicted molar refractivity (Wildman–Crippen MR) is 126 cm³/mol. The summed E-state index contributed by atoms with van der Waals surface area (Å²) in [6, 6.07) is 8.12. The van der Waals surface area contributed by atoms with Crippen LogP contribution in [0.3, 0.4) is 0 Å². The number of alkyl halides is 3. The molecular weight excluding hydrogens is 478 g/mol. The molecule has 0 spiro atoms. The zero-order valence-corrected chi connectivity index (χ0v) is 19.8. The van der Waals surface area contributed by atoms with Crippen molar-refractivity contribution >= 4 is 22.2 Å². The number of aryl methyl sites for hydroxylation is 1. The van der Waals surface area contributed by atoms with E-state index >= 15 is 0 Å². The number of rotatable bonds is 4. The Hall–Kier alpha value is -3.01. The van der Waals surface area contributed by atoms with Gasteiger partial charge in [-0.3, -0.25) is 0 Å². The summed E-state index contributed by atoms with van der Waals surface area (Å²) in [6.45, 7) is 4.01. The van der Waals surface area contributed by atoms with E-state index in [1.165, 1.54) is 23.9 Å². The molecule has 5 nitrogen and oxygen atoms in total. The lowest BCUT2D eigenvalue weighted by Crippen LogP contribution is -2.42. The number of pyridine rings is 1. The highest BCUT2D eigenvalue weighted by Gasteiger charge is 2.42. The number of fused-ring (bicyclic) bond motifs is 3. The average Bonchev–Trinajstić information content (AvgIpc) is 3.48. The summed E-state index contributed by atoms with van der Waals surface area (Å²) >= 11 is 1.55. The summed E-state index contributed by atoms with van der Waals surface area (Å²) in [5.74, 6) is 1.34. The van der Waals surface area contributed by atoms with E-state index in [1.807, 2.05) is 6.92 Å². The van der Waals surface area contributed by atoms with Crippen molar-refractivity contribution in [2.24, 2.45) is 17.8 Å². The van der Waals surface area contributed by atoms with Gasteiger partial charge < -0.3 is 4.90 Å². The van der Waals surface area contributed by atoms with Crippen LogP contribution in [-0.4, -0.2) is 32.1 Å². The van der Waals surface area contributed by atoms with Crippen LogP contribution in [0, 0.1) is 30.5 Å². The second kappa shape index (κ2) is 8.29. The highest BCUT2D eigenvalue weighted by Crippen LogP contribution is 2.45. The number of piperidine rings is 1. The molecule has 2 aliphatic rings. The van der Waals surface area contributed by atoms with Crippen LogP contribution in [-0.2, 0) is 12.6 Å². The van der Waals surface area contributed by atoms with Gasteiger partial charge >= 0.3 is 6.18 Å². The molecule has 1 unspecified atom stereocenters. The maximum absolute atomic E-state index is 14.7. The maximum atomic E-state index is 14.7. The summed E-state index contributed by atoms with van der Waals surface area (Å²) in [5, 5.41) is 5.87. The van der Waals surface area contributed by atoms with Crippen LogP contribution in [0.4, 0.5) is 22.6 Å². The van der Waals surface area contributed by atoms with Crippen LogP contribution in [0.15, 0.2) is 42.6 Å². The van der Waals surface area contributed by atoms with Gasteiger partial charge in [-0.15, -0.1) is 0 Å². The van der Waals surface area contributed by atoms with Gasteiger partial charge in [0.25, 0.3) is 0 Å². The molecule has 0 N–H and O–H groups in total. The fraction of sp³-hybridized carbons (Fsp3) is 0.400. The van der Waals surface area contributed by atoms with Crippen LogP contribution in [0.5, 0.6) is 0 Å². The summed E-state index contributed by atoms with van der Waals surface area (Å²) < 4.78 is 59.6. The predicted octanol–water partition coefficient (Wildman–Crippen LogP) is 6.02. The fourth-order valence-electron chi connectivity index (χ4n) is 5.72. The molecule has 4 aromatic rings. The molecule has 1 saturated heterocycles. The highest BCUT2D eigenvalue weighted by atomic mass is 32.1. The normalized spacial score (nSPS) is 22.3. The van der Waals surface area contributed by atoms with Gasteiger partial charge in [-0.05, 0) is 79.4 Å². The zero-order chi connectivity index (χ0) is 24.3. The van der Waals surface area contributed by atoms with Gasteiger partial charge in [-0.25, -0.2) is 13.9 Å². The van der Waals surface area contributed by atoms with Gasteiger partial charge in [0.1, 0.15) is 10.8 Å². The Kier molecular flexibility index (Phi) is 5.32. The summed E-state index contributed by atoms with van der Waals surface area (Å²) in [4.78, 5) is 7.16. The van der Waals surface area contributed by atoms with Crippen molar-refractivity contribution in [3.05, 3.63) is 65.5 Å². The van der Waals surface area contributed by atoms with Gasteiger partial charge in [0.05, 0.1) is 11.3 Å². The van der Waals surface area contributed by atoms with Crippen molar-refractivity contribution in [3.63, 3.8) is 0 Å². The highest BCUT2D eigenvalue weighted by molar-refractivity contribution is 7.10. The quantitative estimate of drug-likeness (QED) is 0.321. The van der Waals surface area contributed by atoms with Crippen LogP contribution in [0.2, 0.25) is 0 Å². The Labute approximate surface area is 203 Å². The molecule has 182 valence electrons. The third-order valence-corrected chi connectivity index (χ3v) is 8.31. The molecule has 2 fully saturated rings. The lowest BCUT2D eigenvalue weighted by atomic mass is 9.82. The second-order valence-corrected chi connectivity index (χ2v) is 10.4. The third kappa shape index (κ3) is 4.07. The van der Waals surface area contributed by atoms with Gasteiger partial charge in [0, 0.05) is 36.8 Å². The van der Waals surface area contributed by atoms with E-state index in [0.29, 0.717) is 40.9 Å². The van der Waals surface area contributed by atoms with Gasteiger partial charge in [-0.2, -0.15) is 22.6 Å². The van der Waals surface area contributed by atoms with Crippen molar-refractivity contribution < 1.29 is 17.6 Å². The molecule has 1 aliphatic carbocycles. The molecule has 3 atom stereocenters. The average molecular weight is 502 g/mol. The van der Waals surface area contributed by atoms with Crippen LogP contribution >= 0.6 is 11.5 Å². The molecule has 3 aromatic heterocycles. The Bertz CT molecular complexity index is 1380. The fourth-order valence-corrected chi connectivity index (χ4v) is 6.49. The first-order valence-corrected chi connectivity index (χ1v) is 12.4. The number of benzene rings is 1. The third-order valence-electron chi connectivity index (χ3n) is 7.37. The maximum Gasteiger partial charge on any atom is 0.416 e. The molecule has 1 aromatic carbocycles. The first-order valence-electron chi connectivity index (χ1n) is 11.7. The molecule has 35 heavy (non-hydrogen) atoms. The molecule has 1 aliphatic heterocycles. The van der Waals surface area contributed by atoms with Crippen molar-refractivity contribution in [1.29, 1.82) is 0 Å². The van der Waals surface area contributed by atoms with Crippen LogP contribution in [0.25, 0.3) is 16.8 Å². The number of aromatic nitrogens is 4. The van der Waals surface area contributed by atoms with E-state index in [4.69, 9.17) is 4.98 Å². The zero-order valence-electron chi connectivity index (χ0n) is 19.0. The van der Waals surface area contributed by atoms with Gasteiger partial charge in [0.2, 0.25) is 0 Å². The summed E-state index contributed by atoms with van der Waals surface area (Å²) in [6.07, 6.45) is 0.237. The van der Waals surface area contributed by atoms with E-state index in [-0.39, 0.29) is 5.56 Å². The number of nitrogens with zero attached hydrogens (tertiary/aromatic N) is 5. The SMILES string of the molecule is Cc1cc(N2C[C@H]3CC[C@@H](C2)C3Cc2nc3c(-c4ccc(C(F)(F)F)cc4F)cccn3n2)sn1. The summed E-state index contributed by atoms with van der Waals surface area (Å²) in [5.41, 5.74) is 0.995. The first kappa shape index (κ1) is 22.5. The molecule has 10 heteroatoms. The monoisotopic (exact) mass is 501 g/mol. The Morgan fingerprint density at radius 2 is 1.83 bits per heavy atom. The summed E-state index contributed by atoms with van der Waals surface area (Å²) in [7, 11) is 0. The van der Waals surface area contributed by atoms with Gasteiger partial charge in [-0.1, -0.05) is 6.07 Å². The minimum absolute atomic E-state index is 0.0794. The minimum atomic E-state index is -4.60. The standard InChI is InChI=1S/C25H23F4N5S/c1-14-9-23(35-32-14)33-12-15-4-5-16(13-33)20(15)11-22-30-24-19(3-2-8-34(24)31-22)18-7-6-17(10-21(18)26)25(27,28)29/h2-3,6-10,15-16,20H,4-5,11-13H2,1H3/t15-,16+,20?. The molecular formula is C25H23F4N5S. The number of halogens is 4. The van der Waals surface area contributed by atoms with E-state index < -0.39 is 17.6 Å². The number of hydrogen-bond acceptors (Lipinski definition) is 5. The Morgan fingerprint density at radius 1 is 1.06 bits per heavy atom. The van der Waals surface area contributed by atoms with E-state index in [2.05, 4.69) is 20.4 Å². The first-order chi connectivity index (χ1) is 16.8. The minimum Gasteiger partial charge on any atom is -0.362 e. The van der Waals surface area contributed by atoms with Crippen LogP contribution in [0.1, 0.15) is 29.9 Å². The molecule has 0 radical (unpaired) electrons. The van der Waals surface area contributed by atoms with Crippen molar-refractivity contribution in [3.8, 4) is 11.1 Å². The molecule has 1 saturated carbocycles. The smallest absolute Gasteiger partial charge is 0.362 e. The van der Waals surface area contributed by atoms with E-state index in [9.17, 15) is 17.6 Å². The number of anilines is 1. The lowest BCUT2D eigenvalue weighted by Gasteiger charge is -2.38. The van der Waals surface area contributed by atoms with Crippen LogP contribution < -0.4 is 4.90 Å². The Balaban J connectivity index is 1.26. The van der Waals surface area contributed by atoms with Crippen molar-refractivity contribution in [2.45, 2.75) is 32.4 Å². The molecule has 4 heterocycles. The Morgan fingerprint density at radius 3 is 2.49 bits per heavy atom. The van der Waals surface area contributed by atoms with Crippen molar-refractivity contribution in [2.75, 3.05) is 18.0 Å². The van der Waals surface area contributed by atoms with Gasteiger partial charge in [0.15, 0.2) is 11.5 Å². The van der Waals surface area contributed by atoms with E-state index in [0.717, 1.165) is 31.3 Å². The molecule has 6 rings (SSSR count). The topological polar surface area (TPSA) is 46.3 Å². The van der Waals surface area contributed by atoms with Crippen molar-refractivity contribution in [1.82, 2.24) is 19.0 Å². The number of hydrogen-bond donors (Lipinski definition) is 0. The molecule has 2 bridgehead atoms.